The molecule has 2 N–H and O–H groups in total. The third-order valence-electron chi connectivity index (χ3n) is 2.21. The maximum absolute atomic E-state index is 5.89. The summed E-state index contributed by atoms with van der Waals surface area (Å²) in [7, 11) is 0. The van der Waals surface area contributed by atoms with Gasteiger partial charge in [-0.05, 0) is 25.2 Å². The maximum Gasteiger partial charge on any atom is 0.0156 e. The molecule has 0 spiro atoms. The average molecular weight is 113 g/mol. The first kappa shape index (κ1) is 6.09. The summed E-state index contributed by atoms with van der Waals surface area (Å²) in [6, 6.07) is 0. The van der Waals surface area contributed by atoms with Crippen LogP contribution in [-0.4, -0.2) is 5.54 Å². The van der Waals surface area contributed by atoms with Gasteiger partial charge in [0.25, 0.3) is 0 Å². The summed E-state index contributed by atoms with van der Waals surface area (Å²) in [5.74, 6) is 0.889. The van der Waals surface area contributed by atoms with Crippen molar-refractivity contribution in [2.75, 3.05) is 0 Å². The molecule has 1 heteroatoms. The fourth-order valence-electron chi connectivity index (χ4n) is 1.62. The average Bonchev–Trinajstić information content (AvgIpc) is 1.63. The largest absolute Gasteiger partial charge is 0.325 e. The van der Waals surface area contributed by atoms with E-state index in [1.54, 1.807) is 0 Å². The predicted molar refractivity (Wildman–Crippen MR) is 35.6 cm³/mol. The Balaban J connectivity index is 2.30. The van der Waals surface area contributed by atoms with Crippen LogP contribution in [-0.2, 0) is 0 Å². The van der Waals surface area contributed by atoms with Gasteiger partial charge in [0.1, 0.15) is 0 Å². The SMILES string of the molecule is CCC1(N)CC(C)C1. The van der Waals surface area contributed by atoms with E-state index in [9.17, 15) is 0 Å². The van der Waals surface area contributed by atoms with Gasteiger partial charge in [-0.1, -0.05) is 13.8 Å². The van der Waals surface area contributed by atoms with Gasteiger partial charge in [0, 0.05) is 5.54 Å². The topological polar surface area (TPSA) is 26.0 Å². The molecule has 0 aromatic rings. The van der Waals surface area contributed by atoms with E-state index in [0.29, 0.717) is 0 Å². The molecule has 1 rings (SSSR count). The van der Waals surface area contributed by atoms with Gasteiger partial charge in [0.05, 0.1) is 0 Å². The number of hydrogen-bond donors (Lipinski definition) is 1. The standard InChI is InChI=1S/C7H15N/c1-3-7(8)4-6(2)5-7/h6H,3-5,8H2,1-2H3. The lowest BCUT2D eigenvalue weighted by atomic mass is 9.68. The minimum Gasteiger partial charge on any atom is -0.325 e. The molecule has 0 aromatic heterocycles. The molecule has 0 aliphatic heterocycles. The Morgan fingerprint density at radius 2 is 2.12 bits per heavy atom. The highest BCUT2D eigenvalue weighted by Gasteiger charge is 2.36. The Labute approximate surface area is 51.3 Å². The predicted octanol–water partition coefficient (Wildman–Crippen LogP) is 1.52. The van der Waals surface area contributed by atoms with E-state index in [-0.39, 0.29) is 5.54 Å². The summed E-state index contributed by atoms with van der Waals surface area (Å²) in [5.41, 5.74) is 6.13. The molecule has 1 fully saturated rings. The Morgan fingerprint density at radius 1 is 1.62 bits per heavy atom. The highest BCUT2D eigenvalue weighted by atomic mass is 14.8. The van der Waals surface area contributed by atoms with Crippen LogP contribution in [0.1, 0.15) is 33.1 Å². The second-order valence-electron chi connectivity index (χ2n) is 3.23. The van der Waals surface area contributed by atoms with Crippen molar-refractivity contribution in [3.8, 4) is 0 Å². The molecule has 1 aliphatic rings. The molecule has 0 radical (unpaired) electrons. The Morgan fingerprint density at radius 3 is 2.25 bits per heavy atom. The molecular weight excluding hydrogens is 98.1 g/mol. The molecule has 1 aliphatic carbocycles. The van der Waals surface area contributed by atoms with Crippen molar-refractivity contribution >= 4 is 0 Å². The minimum atomic E-state index is 0.236. The Bertz CT molecular complexity index is 82.4. The third-order valence-corrected chi connectivity index (χ3v) is 2.21. The van der Waals surface area contributed by atoms with Gasteiger partial charge in [-0.2, -0.15) is 0 Å². The van der Waals surface area contributed by atoms with Gasteiger partial charge < -0.3 is 5.73 Å². The molecule has 1 saturated carbocycles. The molecule has 0 atom stereocenters. The lowest BCUT2D eigenvalue weighted by Gasteiger charge is -2.42. The van der Waals surface area contributed by atoms with Crippen LogP contribution in [0.15, 0.2) is 0 Å². The summed E-state index contributed by atoms with van der Waals surface area (Å²) < 4.78 is 0. The van der Waals surface area contributed by atoms with E-state index in [2.05, 4.69) is 13.8 Å². The Hall–Kier alpha value is -0.0400. The molecular formula is C7H15N. The molecule has 0 saturated heterocycles. The molecule has 8 heavy (non-hydrogen) atoms. The van der Waals surface area contributed by atoms with Crippen molar-refractivity contribution < 1.29 is 0 Å². The summed E-state index contributed by atoms with van der Waals surface area (Å²) in [5, 5.41) is 0. The first-order valence-electron chi connectivity index (χ1n) is 3.45. The highest BCUT2D eigenvalue weighted by Crippen LogP contribution is 2.37. The molecule has 0 unspecified atom stereocenters. The van der Waals surface area contributed by atoms with Crippen molar-refractivity contribution in [1.29, 1.82) is 0 Å². The fourth-order valence-corrected chi connectivity index (χ4v) is 1.62. The van der Waals surface area contributed by atoms with Crippen molar-refractivity contribution in [2.45, 2.75) is 38.6 Å². The van der Waals surface area contributed by atoms with Gasteiger partial charge in [0.2, 0.25) is 0 Å². The van der Waals surface area contributed by atoms with E-state index in [1.165, 1.54) is 12.8 Å². The van der Waals surface area contributed by atoms with Gasteiger partial charge in [-0.25, -0.2) is 0 Å². The second-order valence-corrected chi connectivity index (χ2v) is 3.23. The van der Waals surface area contributed by atoms with Crippen LogP contribution in [0.4, 0.5) is 0 Å². The lowest BCUT2D eigenvalue weighted by molar-refractivity contribution is 0.158. The maximum atomic E-state index is 5.89. The van der Waals surface area contributed by atoms with Gasteiger partial charge >= 0.3 is 0 Å². The van der Waals surface area contributed by atoms with Gasteiger partial charge in [-0.3, -0.25) is 0 Å². The zero-order valence-corrected chi connectivity index (χ0v) is 5.78. The molecule has 0 heterocycles. The summed E-state index contributed by atoms with van der Waals surface area (Å²) in [6.45, 7) is 4.44. The van der Waals surface area contributed by atoms with Crippen LogP contribution in [0.25, 0.3) is 0 Å². The normalized spacial score (nSPS) is 46.1. The summed E-state index contributed by atoms with van der Waals surface area (Å²) >= 11 is 0. The van der Waals surface area contributed by atoms with Crippen LogP contribution in [0.2, 0.25) is 0 Å². The van der Waals surface area contributed by atoms with E-state index < -0.39 is 0 Å². The van der Waals surface area contributed by atoms with E-state index in [4.69, 9.17) is 5.73 Å². The second kappa shape index (κ2) is 1.73. The first-order chi connectivity index (χ1) is 3.66. The molecule has 48 valence electrons. The first-order valence-corrected chi connectivity index (χ1v) is 3.45. The molecule has 1 nitrogen and oxygen atoms in total. The van der Waals surface area contributed by atoms with Gasteiger partial charge in [-0.15, -0.1) is 0 Å². The molecule has 0 aromatic carbocycles. The zero-order valence-electron chi connectivity index (χ0n) is 5.78. The third kappa shape index (κ3) is 0.873. The van der Waals surface area contributed by atoms with E-state index >= 15 is 0 Å². The minimum absolute atomic E-state index is 0.236. The van der Waals surface area contributed by atoms with Crippen molar-refractivity contribution in [1.82, 2.24) is 0 Å². The van der Waals surface area contributed by atoms with E-state index in [0.717, 1.165) is 12.3 Å². The zero-order chi connectivity index (χ0) is 6.20. The van der Waals surface area contributed by atoms with E-state index in [1.807, 2.05) is 0 Å². The smallest absolute Gasteiger partial charge is 0.0156 e. The van der Waals surface area contributed by atoms with Gasteiger partial charge in [0.15, 0.2) is 0 Å². The van der Waals surface area contributed by atoms with Crippen LogP contribution >= 0.6 is 0 Å². The fraction of sp³-hybridized carbons (Fsp3) is 1.00. The van der Waals surface area contributed by atoms with Crippen LogP contribution in [0.3, 0.4) is 0 Å². The van der Waals surface area contributed by atoms with Crippen molar-refractivity contribution in [2.24, 2.45) is 11.7 Å². The van der Waals surface area contributed by atoms with Crippen LogP contribution < -0.4 is 5.73 Å². The monoisotopic (exact) mass is 113 g/mol. The number of hydrogen-bond acceptors (Lipinski definition) is 1. The molecule has 0 amide bonds. The lowest BCUT2D eigenvalue weighted by Crippen LogP contribution is -2.50. The van der Waals surface area contributed by atoms with Crippen molar-refractivity contribution in [3.63, 3.8) is 0 Å². The van der Waals surface area contributed by atoms with Crippen LogP contribution in [0, 0.1) is 5.92 Å². The number of rotatable bonds is 1. The summed E-state index contributed by atoms with van der Waals surface area (Å²) in [6.07, 6.45) is 3.63. The quantitative estimate of drug-likeness (QED) is 0.548. The number of nitrogens with two attached hydrogens (primary N) is 1. The molecule has 0 bridgehead atoms. The highest BCUT2D eigenvalue weighted by molar-refractivity contribution is 4.95. The van der Waals surface area contributed by atoms with Crippen LogP contribution in [0.5, 0.6) is 0 Å². The Kier molecular flexibility index (Phi) is 1.31. The van der Waals surface area contributed by atoms with Crippen molar-refractivity contribution in [3.05, 3.63) is 0 Å². The summed E-state index contributed by atoms with van der Waals surface area (Å²) in [4.78, 5) is 0.